The predicted molar refractivity (Wildman–Crippen MR) is 58.2 cm³/mol. The highest BCUT2D eigenvalue weighted by Gasteiger charge is 2.14. The van der Waals surface area contributed by atoms with Crippen molar-refractivity contribution in [3.63, 3.8) is 0 Å². The number of likely N-dealkylation sites (N-methyl/N-ethyl adjacent to an activating group) is 1. The number of hydrogen-bond donors (Lipinski definition) is 0. The Morgan fingerprint density at radius 2 is 2.36 bits per heavy atom. The fourth-order valence-corrected chi connectivity index (χ4v) is 1.87. The van der Waals surface area contributed by atoms with Crippen molar-refractivity contribution in [3.8, 4) is 0 Å². The Bertz CT molecular complexity index is 338. The Morgan fingerprint density at radius 3 is 3.00 bits per heavy atom. The minimum Gasteiger partial charge on any atom is -0.464 e. The summed E-state index contributed by atoms with van der Waals surface area (Å²) in [6.07, 6.45) is 6.24. The first-order valence-electron chi connectivity index (χ1n) is 5.25. The molecule has 0 spiro atoms. The molecule has 0 N–H and O–H groups in total. The van der Waals surface area contributed by atoms with Crippen LogP contribution in [0.15, 0.2) is 22.8 Å². The fraction of sp³-hybridized carbons (Fsp3) is 0.500. The van der Waals surface area contributed by atoms with Crippen molar-refractivity contribution >= 4 is 5.57 Å². The number of aryl methyl sites for hydroxylation is 1. The van der Waals surface area contributed by atoms with Crippen LogP contribution in [-0.2, 0) is 6.42 Å². The standard InChI is InChI=1S/C12H17NO/c1-3-10-6-9-14-12(10)11-4-7-13(2)8-5-11/h4,6,9H,3,5,7-8H2,1-2H3. The Kier molecular flexibility index (Phi) is 2.73. The molecule has 0 aromatic carbocycles. The van der Waals surface area contributed by atoms with Crippen LogP contribution < -0.4 is 0 Å². The maximum absolute atomic E-state index is 5.54. The summed E-state index contributed by atoms with van der Waals surface area (Å²) in [4.78, 5) is 2.32. The van der Waals surface area contributed by atoms with Gasteiger partial charge in [0.25, 0.3) is 0 Å². The minimum atomic E-state index is 1.04. The lowest BCUT2D eigenvalue weighted by Gasteiger charge is -2.21. The van der Waals surface area contributed by atoms with Crippen molar-refractivity contribution in [1.29, 1.82) is 0 Å². The second kappa shape index (κ2) is 4.01. The van der Waals surface area contributed by atoms with E-state index in [0.29, 0.717) is 0 Å². The molecule has 76 valence electrons. The zero-order valence-electron chi connectivity index (χ0n) is 8.92. The molecule has 1 aromatic rings. The van der Waals surface area contributed by atoms with Crippen LogP contribution in [0.5, 0.6) is 0 Å². The van der Waals surface area contributed by atoms with Crippen molar-refractivity contribution in [2.24, 2.45) is 0 Å². The summed E-state index contributed by atoms with van der Waals surface area (Å²) in [5, 5.41) is 0. The maximum Gasteiger partial charge on any atom is 0.132 e. The van der Waals surface area contributed by atoms with Gasteiger partial charge in [-0.3, -0.25) is 0 Å². The average molecular weight is 191 g/mol. The highest BCUT2D eigenvalue weighted by Crippen LogP contribution is 2.26. The van der Waals surface area contributed by atoms with Crippen LogP contribution in [-0.4, -0.2) is 25.0 Å². The number of rotatable bonds is 2. The normalized spacial score (nSPS) is 18.3. The molecule has 2 nitrogen and oxygen atoms in total. The summed E-state index contributed by atoms with van der Waals surface area (Å²) in [5.74, 6) is 1.11. The molecule has 0 bridgehead atoms. The Hall–Kier alpha value is -1.02. The van der Waals surface area contributed by atoms with E-state index in [0.717, 1.165) is 31.7 Å². The highest BCUT2D eigenvalue weighted by molar-refractivity contribution is 5.65. The van der Waals surface area contributed by atoms with Gasteiger partial charge in [0.2, 0.25) is 0 Å². The van der Waals surface area contributed by atoms with Gasteiger partial charge in [-0.2, -0.15) is 0 Å². The van der Waals surface area contributed by atoms with Gasteiger partial charge >= 0.3 is 0 Å². The van der Waals surface area contributed by atoms with Gasteiger partial charge in [-0.1, -0.05) is 13.0 Å². The molecule has 0 saturated heterocycles. The lowest BCUT2D eigenvalue weighted by atomic mass is 10.0. The number of nitrogens with zero attached hydrogens (tertiary/aromatic N) is 1. The van der Waals surface area contributed by atoms with Crippen molar-refractivity contribution in [2.75, 3.05) is 20.1 Å². The second-order valence-electron chi connectivity index (χ2n) is 3.87. The van der Waals surface area contributed by atoms with Crippen molar-refractivity contribution in [1.82, 2.24) is 4.90 Å². The van der Waals surface area contributed by atoms with E-state index in [1.807, 2.05) is 0 Å². The van der Waals surface area contributed by atoms with Crippen LogP contribution in [0.25, 0.3) is 5.57 Å². The van der Waals surface area contributed by atoms with Crippen LogP contribution in [0.4, 0.5) is 0 Å². The SMILES string of the molecule is CCc1ccoc1C1=CCN(C)CC1. The van der Waals surface area contributed by atoms with Crippen LogP contribution in [0, 0.1) is 0 Å². The number of furan rings is 1. The van der Waals surface area contributed by atoms with Crippen LogP contribution >= 0.6 is 0 Å². The zero-order chi connectivity index (χ0) is 9.97. The molecule has 0 atom stereocenters. The van der Waals surface area contributed by atoms with E-state index >= 15 is 0 Å². The summed E-state index contributed by atoms with van der Waals surface area (Å²) >= 11 is 0. The third kappa shape index (κ3) is 1.75. The smallest absolute Gasteiger partial charge is 0.132 e. The number of hydrogen-bond acceptors (Lipinski definition) is 2. The van der Waals surface area contributed by atoms with Gasteiger partial charge in [0.15, 0.2) is 0 Å². The lowest BCUT2D eigenvalue weighted by Crippen LogP contribution is -2.23. The van der Waals surface area contributed by atoms with Crippen molar-refractivity contribution in [2.45, 2.75) is 19.8 Å². The van der Waals surface area contributed by atoms with Crippen LogP contribution in [0.3, 0.4) is 0 Å². The monoisotopic (exact) mass is 191 g/mol. The molecule has 0 unspecified atom stereocenters. The lowest BCUT2D eigenvalue weighted by molar-refractivity contribution is 0.367. The summed E-state index contributed by atoms with van der Waals surface area (Å²) in [6.45, 7) is 4.35. The van der Waals surface area contributed by atoms with E-state index in [-0.39, 0.29) is 0 Å². The zero-order valence-corrected chi connectivity index (χ0v) is 8.92. The van der Waals surface area contributed by atoms with E-state index in [1.165, 1.54) is 11.1 Å². The van der Waals surface area contributed by atoms with E-state index in [2.05, 4.69) is 31.0 Å². The van der Waals surface area contributed by atoms with E-state index < -0.39 is 0 Å². The molecule has 0 saturated carbocycles. The molecule has 1 aliphatic rings. The molecule has 0 fully saturated rings. The third-order valence-electron chi connectivity index (χ3n) is 2.83. The Balaban J connectivity index is 2.23. The van der Waals surface area contributed by atoms with Gasteiger partial charge in [0, 0.05) is 13.1 Å². The second-order valence-corrected chi connectivity index (χ2v) is 3.87. The first kappa shape index (κ1) is 9.53. The van der Waals surface area contributed by atoms with E-state index in [1.54, 1.807) is 6.26 Å². The molecule has 14 heavy (non-hydrogen) atoms. The van der Waals surface area contributed by atoms with Gasteiger partial charge in [-0.05, 0) is 37.1 Å². The molecule has 0 amide bonds. The average Bonchev–Trinajstić information content (AvgIpc) is 2.67. The van der Waals surface area contributed by atoms with Crippen LogP contribution in [0.1, 0.15) is 24.7 Å². The minimum absolute atomic E-state index is 1.04. The van der Waals surface area contributed by atoms with Gasteiger partial charge in [0.1, 0.15) is 5.76 Å². The summed E-state index contributed by atoms with van der Waals surface area (Å²) in [6, 6.07) is 2.08. The molecule has 1 aromatic heterocycles. The van der Waals surface area contributed by atoms with E-state index in [9.17, 15) is 0 Å². The topological polar surface area (TPSA) is 16.4 Å². The highest BCUT2D eigenvalue weighted by atomic mass is 16.3. The summed E-state index contributed by atoms with van der Waals surface area (Å²) in [7, 11) is 2.15. The molecular formula is C12H17NO. The van der Waals surface area contributed by atoms with Gasteiger partial charge < -0.3 is 9.32 Å². The van der Waals surface area contributed by atoms with Crippen LogP contribution in [0.2, 0.25) is 0 Å². The van der Waals surface area contributed by atoms with Crippen molar-refractivity contribution in [3.05, 3.63) is 29.7 Å². The van der Waals surface area contributed by atoms with Gasteiger partial charge in [0.05, 0.1) is 6.26 Å². The molecule has 2 heteroatoms. The quantitative estimate of drug-likeness (QED) is 0.714. The van der Waals surface area contributed by atoms with Gasteiger partial charge in [-0.25, -0.2) is 0 Å². The maximum atomic E-state index is 5.54. The molecule has 1 aliphatic heterocycles. The fourth-order valence-electron chi connectivity index (χ4n) is 1.87. The molecule has 2 heterocycles. The molecule has 2 rings (SSSR count). The molecule has 0 radical (unpaired) electrons. The molecule has 0 aliphatic carbocycles. The van der Waals surface area contributed by atoms with E-state index in [4.69, 9.17) is 4.42 Å². The molecular weight excluding hydrogens is 174 g/mol. The third-order valence-corrected chi connectivity index (χ3v) is 2.83. The van der Waals surface area contributed by atoms with Crippen molar-refractivity contribution < 1.29 is 4.42 Å². The Morgan fingerprint density at radius 1 is 1.50 bits per heavy atom. The summed E-state index contributed by atoms with van der Waals surface area (Å²) < 4.78 is 5.54. The summed E-state index contributed by atoms with van der Waals surface area (Å²) in [5.41, 5.74) is 2.71. The largest absolute Gasteiger partial charge is 0.464 e. The predicted octanol–water partition coefficient (Wildman–Crippen LogP) is 2.56. The first-order valence-corrected chi connectivity index (χ1v) is 5.25. The van der Waals surface area contributed by atoms with Gasteiger partial charge in [-0.15, -0.1) is 0 Å². The Labute approximate surface area is 85.2 Å². The first-order chi connectivity index (χ1) is 6.81.